The lowest BCUT2D eigenvalue weighted by atomic mass is 9.95. The SMILES string of the molecule is N[C@H]1CN(c2ccc3ccccc3n2)C[C@@H]1c1ccccc1. The molecule has 22 heavy (non-hydrogen) atoms. The molecule has 3 heteroatoms. The average molecular weight is 289 g/mol. The van der Waals surface area contributed by atoms with E-state index in [1.165, 1.54) is 10.9 Å². The van der Waals surface area contributed by atoms with E-state index in [4.69, 9.17) is 10.7 Å². The highest BCUT2D eigenvalue weighted by molar-refractivity contribution is 5.80. The Morgan fingerprint density at radius 1 is 0.864 bits per heavy atom. The Kier molecular flexibility index (Phi) is 3.28. The number of nitrogens with zero attached hydrogens (tertiary/aromatic N) is 2. The summed E-state index contributed by atoms with van der Waals surface area (Å²) in [6.07, 6.45) is 0. The van der Waals surface area contributed by atoms with Crippen LogP contribution in [0.4, 0.5) is 5.82 Å². The average Bonchev–Trinajstić information content (AvgIpc) is 2.97. The van der Waals surface area contributed by atoms with E-state index in [0.717, 1.165) is 24.4 Å². The highest BCUT2D eigenvalue weighted by Gasteiger charge is 2.31. The molecule has 2 aromatic carbocycles. The van der Waals surface area contributed by atoms with Crippen molar-refractivity contribution in [2.75, 3.05) is 18.0 Å². The van der Waals surface area contributed by atoms with Crippen molar-refractivity contribution in [1.29, 1.82) is 0 Å². The van der Waals surface area contributed by atoms with Crippen LogP contribution in [0.1, 0.15) is 11.5 Å². The minimum absolute atomic E-state index is 0.149. The first kappa shape index (κ1) is 13.3. The van der Waals surface area contributed by atoms with Crippen LogP contribution in [0.15, 0.2) is 66.7 Å². The van der Waals surface area contributed by atoms with Crippen LogP contribution in [0.25, 0.3) is 10.9 Å². The second-order valence-electron chi connectivity index (χ2n) is 5.95. The Morgan fingerprint density at radius 3 is 2.50 bits per heavy atom. The molecule has 0 saturated carbocycles. The number of pyridine rings is 1. The molecular formula is C19H19N3. The van der Waals surface area contributed by atoms with Crippen LogP contribution in [0.5, 0.6) is 0 Å². The standard InChI is InChI=1S/C19H19N3/c20-17-13-22(12-16(17)14-6-2-1-3-7-14)19-11-10-15-8-4-5-9-18(15)21-19/h1-11,16-17H,12-13,20H2/t16-,17+/m1/s1. The minimum atomic E-state index is 0.149. The van der Waals surface area contributed by atoms with Crippen LogP contribution in [0, 0.1) is 0 Å². The van der Waals surface area contributed by atoms with E-state index < -0.39 is 0 Å². The summed E-state index contributed by atoms with van der Waals surface area (Å²) >= 11 is 0. The summed E-state index contributed by atoms with van der Waals surface area (Å²) < 4.78 is 0. The highest BCUT2D eigenvalue weighted by Crippen LogP contribution is 2.30. The van der Waals surface area contributed by atoms with Gasteiger partial charge in [0, 0.05) is 30.4 Å². The van der Waals surface area contributed by atoms with E-state index in [2.05, 4.69) is 53.4 Å². The molecule has 0 aliphatic carbocycles. The van der Waals surface area contributed by atoms with Gasteiger partial charge < -0.3 is 10.6 Å². The quantitative estimate of drug-likeness (QED) is 0.788. The summed E-state index contributed by atoms with van der Waals surface area (Å²) in [5.74, 6) is 1.39. The maximum absolute atomic E-state index is 6.38. The molecule has 1 fully saturated rings. The molecular weight excluding hydrogens is 270 g/mol. The van der Waals surface area contributed by atoms with Crippen LogP contribution in [-0.2, 0) is 0 Å². The van der Waals surface area contributed by atoms with E-state index in [1.54, 1.807) is 0 Å². The van der Waals surface area contributed by atoms with Gasteiger partial charge in [0.15, 0.2) is 0 Å². The van der Waals surface area contributed by atoms with Crippen molar-refractivity contribution in [3.05, 3.63) is 72.3 Å². The van der Waals surface area contributed by atoms with Gasteiger partial charge in [-0.2, -0.15) is 0 Å². The zero-order valence-electron chi connectivity index (χ0n) is 12.4. The number of aromatic nitrogens is 1. The Labute approximate surface area is 130 Å². The predicted molar refractivity (Wildman–Crippen MR) is 91.1 cm³/mol. The largest absolute Gasteiger partial charge is 0.354 e. The van der Waals surface area contributed by atoms with Crippen molar-refractivity contribution in [2.24, 2.45) is 5.73 Å². The molecule has 1 saturated heterocycles. The van der Waals surface area contributed by atoms with E-state index in [0.29, 0.717) is 5.92 Å². The number of fused-ring (bicyclic) bond motifs is 1. The van der Waals surface area contributed by atoms with Crippen molar-refractivity contribution in [2.45, 2.75) is 12.0 Å². The van der Waals surface area contributed by atoms with Gasteiger partial charge in [-0.3, -0.25) is 0 Å². The molecule has 0 bridgehead atoms. The number of anilines is 1. The van der Waals surface area contributed by atoms with Gasteiger partial charge in [0.2, 0.25) is 0 Å². The van der Waals surface area contributed by atoms with E-state index in [1.807, 2.05) is 18.2 Å². The first-order valence-electron chi connectivity index (χ1n) is 7.72. The van der Waals surface area contributed by atoms with Gasteiger partial charge in [0.25, 0.3) is 0 Å². The third-order valence-corrected chi connectivity index (χ3v) is 4.50. The summed E-state index contributed by atoms with van der Waals surface area (Å²) in [6, 6.07) is 23.2. The summed E-state index contributed by atoms with van der Waals surface area (Å²) in [5, 5.41) is 1.18. The number of nitrogens with two attached hydrogens (primary N) is 1. The number of hydrogen-bond acceptors (Lipinski definition) is 3. The van der Waals surface area contributed by atoms with Gasteiger partial charge in [0.1, 0.15) is 5.82 Å². The van der Waals surface area contributed by atoms with Crippen LogP contribution in [0.2, 0.25) is 0 Å². The Hall–Kier alpha value is -2.39. The lowest BCUT2D eigenvalue weighted by Crippen LogP contribution is -2.28. The van der Waals surface area contributed by atoms with Crippen molar-refractivity contribution in [3.8, 4) is 0 Å². The summed E-state index contributed by atoms with van der Waals surface area (Å²) in [5.41, 5.74) is 8.74. The molecule has 2 atom stereocenters. The fourth-order valence-corrected chi connectivity index (χ4v) is 3.30. The Bertz CT molecular complexity index is 785. The molecule has 3 nitrogen and oxygen atoms in total. The van der Waals surface area contributed by atoms with E-state index >= 15 is 0 Å². The molecule has 2 heterocycles. The maximum Gasteiger partial charge on any atom is 0.129 e. The molecule has 2 N–H and O–H groups in total. The molecule has 0 radical (unpaired) electrons. The first-order chi connectivity index (χ1) is 10.8. The number of hydrogen-bond donors (Lipinski definition) is 1. The highest BCUT2D eigenvalue weighted by atomic mass is 15.2. The summed E-state index contributed by atoms with van der Waals surface area (Å²) in [6.45, 7) is 1.78. The zero-order valence-corrected chi connectivity index (χ0v) is 12.4. The molecule has 4 rings (SSSR count). The molecule has 1 aliphatic heterocycles. The van der Waals surface area contributed by atoms with Crippen molar-refractivity contribution in [3.63, 3.8) is 0 Å². The van der Waals surface area contributed by atoms with Gasteiger partial charge in [-0.1, -0.05) is 48.5 Å². The van der Waals surface area contributed by atoms with Crippen LogP contribution >= 0.6 is 0 Å². The summed E-state index contributed by atoms with van der Waals surface area (Å²) in [7, 11) is 0. The van der Waals surface area contributed by atoms with Crippen molar-refractivity contribution >= 4 is 16.7 Å². The molecule has 1 aliphatic rings. The number of para-hydroxylation sites is 1. The van der Waals surface area contributed by atoms with Gasteiger partial charge in [0.05, 0.1) is 5.52 Å². The third kappa shape index (κ3) is 2.34. The lowest BCUT2D eigenvalue weighted by Gasteiger charge is -2.18. The molecule has 0 amide bonds. The molecule has 0 unspecified atom stereocenters. The van der Waals surface area contributed by atoms with Crippen LogP contribution < -0.4 is 10.6 Å². The van der Waals surface area contributed by atoms with Crippen LogP contribution in [-0.4, -0.2) is 24.1 Å². The van der Waals surface area contributed by atoms with Gasteiger partial charge in [-0.15, -0.1) is 0 Å². The maximum atomic E-state index is 6.38. The fraction of sp³-hybridized carbons (Fsp3) is 0.211. The Balaban J connectivity index is 1.63. The topological polar surface area (TPSA) is 42.1 Å². The second kappa shape index (κ2) is 5.43. The zero-order chi connectivity index (χ0) is 14.9. The van der Waals surface area contributed by atoms with Gasteiger partial charge in [-0.25, -0.2) is 4.98 Å². The lowest BCUT2D eigenvalue weighted by molar-refractivity contribution is 0.653. The minimum Gasteiger partial charge on any atom is -0.354 e. The predicted octanol–water partition coefficient (Wildman–Crippen LogP) is 3.17. The number of benzene rings is 2. The molecule has 3 aromatic rings. The summed E-state index contributed by atoms with van der Waals surface area (Å²) in [4.78, 5) is 7.09. The molecule has 1 aromatic heterocycles. The monoisotopic (exact) mass is 289 g/mol. The van der Waals surface area contributed by atoms with E-state index in [9.17, 15) is 0 Å². The van der Waals surface area contributed by atoms with Crippen molar-refractivity contribution < 1.29 is 0 Å². The molecule has 110 valence electrons. The normalized spacial score (nSPS) is 21.4. The Morgan fingerprint density at radius 2 is 1.64 bits per heavy atom. The van der Waals surface area contributed by atoms with E-state index in [-0.39, 0.29) is 6.04 Å². The molecule has 0 spiro atoms. The fourth-order valence-electron chi connectivity index (χ4n) is 3.30. The van der Waals surface area contributed by atoms with Crippen LogP contribution in [0.3, 0.4) is 0 Å². The first-order valence-corrected chi connectivity index (χ1v) is 7.72. The van der Waals surface area contributed by atoms with Crippen molar-refractivity contribution in [1.82, 2.24) is 4.98 Å². The number of rotatable bonds is 2. The third-order valence-electron chi connectivity index (χ3n) is 4.50. The second-order valence-corrected chi connectivity index (χ2v) is 5.95. The van der Waals surface area contributed by atoms with Gasteiger partial charge >= 0.3 is 0 Å². The smallest absolute Gasteiger partial charge is 0.129 e. The van der Waals surface area contributed by atoms with Gasteiger partial charge in [-0.05, 0) is 23.8 Å².